The van der Waals surface area contributed by atoms with Crippen molar-refractivity contribution >= 4 is 23.1 Å². The number of carbonyl (C=O) groups excluding carboxylic acids is 2. The van der Waals surface area contributed by atoms with E-state index in [1.807, 2.05) is 82.3 Å². The lowest BCUT2D eigenvalue weighted by molar-refractivity contribution is -0.132. The van der Waals surface area contributed by atoms with E-state index in [1.165, 1.54) is 4.90 Å². The molecule has 0 radical (unpaired) electrons. The first-order valence-electron chi connectivity index (χ1n) is 12.7. The Balaban J connectivity index is 1.69. The number of aliphatic hydroxyl groups is 1. The van der Waals surface area contributed by atoms with Gasteiger partial charge in [-0.05, 0) is 105 Å². The highest BCUT2D eigenvalue weighted by Crippen LogP contribution is 2.43. The molecule has 37 heavy (non-hydrogen) atoms. The topological polar surface area (TPSA) is 76.1 Å². The monoisotopic (exact) mass is 497 g/mol. The van der Waals surface area contributed by atoms with E-state index in [2.05, 4.69) is 0 Å². The van der Waals surface area contributed by atoms with Gasteiger partial charge in [0.15, 0.2) is 0 Å². The van der Waals surface area contributed by atoms with Crippen molar-refractivity contribution in [1.82, 2.24) is 0 Å². The van der Waals surface area contributed by atoms with Crippen molar-refractivity contribution in [3.8, 4) is 11.5 Å². The number of hydrogen-bond donors (Lipinski definition) is 1. The minimum absolute atomic E-state index is 0.0425. The smallest absolute Gasteiger partial charge is 0.300 e. The van der Waals surface area contributed by atoms with Crippen LogP contribution in [0.4, 0.5) is 5.69 Å². The van der Waals surface area contributed by atoms with Crippen LogP contribution >= 0.6 is 0 Å². The molecule has 0 aliphatic carbocycles. The fraction of sp³-hybridized carbons (Fsp3) is 0.290. The first kappa shape index (κ1) is 24.6. The van der Waals surface area contributed by atoms with Crippen LogP contribution in [0.25, 0.3) is 5.76 Å². The molecule has 2 aliphatic heterocycles. The van der Waals surface area contributed by atoms with Crippen molar-refractivity contribution in [3.05, 3.63) is 94.1 Å². The molecule has 1 N–H and O–H groups in total. The molecule has 2 aliphatic rings. The average molecular weight is 498 g/mol. The van der Waals surface area contributed by atoms with E-state index in [0.717, 1.165) is 35.3 Å². The first-order valence-corrected chi connectivity index (χ1v) is 12.7. The Labute approximate surface area is 217 Å². The van der Waals surface area contributed by atoms with Crippen LogP contribution in [0.15, 0.2) is 66.2 Å². The third kappa shape index (κ3) is 4.59. The molecule has 3 aromatic carbocycles. The van der Waals surface area contributed by atoms with Gasteiger partial charge < -0.3 is 14.6 Å². The largest absolute Gasteiger partial charge is 0.507 e. The summed E-state index contributed by atoms with van der Waals surface area (Å²) in [6.07, 6.45) is 1.67. The lowest BCUT2D eigenvalue weighted by atomic mass is 9.93. The van der Waals surface area contributed by atoms with Gasteiger partial charge in [0.25, 0.3) is 11.7 Å². The highest BCUT2D eigenvalue weighted by atomic mass is 16.5. The third-order valence-corrected chi connectivity index (χ3v) is 6.94. The Morgan fingerprint density at radius 2 is 1.84 bits per heavy atom. The molecular formula is C31H31NO5. The van der Waals surface area contributed by atoms with Crippen LogP contribution in [0.2, 0.25) is 0 Å². The van der Waals surface area contributed by atoms with E-state index in [0.29, 0.717) is 29.2 Å². The molecule has 1 saturated heterocycles. The maximum Gasteiger partial charge on any atom is 0.300 e. The summed E-state index contributed by atoms with van der Waals surface area (Å²) in [7, 11) is 0. The molecule has 5 rings (SSSR count). The number of nitrogens with zero attached hydrogens (tertiary/aromatic N) is 1. The number of ketones is 1. The summed E-state index contributed by atoms with van der Waals surface area (Å²) in [5, 5.41) is 11.5. The van der Waals surface area contributed by atoms with E-state index in [9.17, 15) is 14.7 Å². The summed E-state index contributed by atoms with van der Waals surface area (Å²) in [6, 6.07) is 17.6. The third-order valence-electron chi connectivity index (χ3n) is 6.94. The molecule has 0 spiro atoms. The first-order chi connectivity index (χ1) is 17.7. The van der Waals surface area contributed by atoms with Crippen LogP contribution in [0.5, 0.6) is 11.5 Å². The number of aliphatic hydroxyl groups excluding tert-OH is 1. The summed E-state index contributed by atoms with van der Waals surface area (Å²) in [4.78, 5) is 28.5. The lowest BCUT2D eigenvalue weighted by Gasteiger charge is -2.26. The van der Waals surface area contributed by atoms with E-state index in [-0.39, 0.29) is 17.4 Å². The summed E-state index contributed by atoms with van der Waals surface area (Å²) >= 11 is 0. The Hall–Kier alpha value is -4.06. The van der Waals surface area contributed by atoms with Crippen LogP contribution in [-0.2, 0) is 16.0 Å². The van der Waals surface area contributed by atoms with Crippen molar-refractivity contribution in [2.24, 2.45) is 0 Å². The van der Waals surface area contributed by atoms with Gasteiger partial charge in [-0.15, -0.1) is 0 Å². The van der Waals surface area contributed by atoms with Gasteiger partial charge in [-0.25, -0.2) is 0 Å². The second-order valence-corrected chi connectivity index (χ2v) is 9.95. The number of amides is 1. The van der Waals surface area contributed by atoms with Gasteiger partial charge >= 0.3 is 0 Å². The van der Waals surface area contributed by atoms with E-state index < -0.39 is 17.7 Å². The number of anilines is 1. The fourth-order valence-corrected chi connectivity index (χ4v) is 4.98. The van der Waals surface area contributed by atoms with E-state index in [4.69, 9.17) is 9.47 Å². The maximum absolute atomic E-state index is 13.5. The van der Waals surface area contributed by atoms with Crippen LogP contribution in [-0.4, -0.2) is 29.5 Å². The predicted octanol–water partition coefficient (Wildman–Crippen LogP) is 6.04. The number of hydrogen-bond acceptors (Lipinski definition) is 5. The Morgan fingerprint density at radius 3 is 2.59 bits per heavy atom. The second-order valence-electron chi connectivity index (χ2n) is 9.95. The molecule has 6 heteroatoms. The van der Waals surface area contributed by atoms with Gasteiger partial charge in [0.05, 0.1) is 24.3 Å². The van der Waals surface area contributed by atoms with Crippen molar-refractivity contribution in [3.63, 3.8) is 0 Å². The number of ether oxygens (including phenoxy) is 2. The van der Waals surface area contributed by atoms with Gasteiger partial charge in [-0.3, -0.25) is 14.5 Å². The number of Topliss-reactive ketones (excluding diaryl/α,β-unsaturated/α-hetero) is 1. The zero-order chi connectivity index (χ0) is 26.3. The molecule has 0 bridgehead atoms. The zero-order valence-electron chi connectivity index (χ0n) is 21.6. The van der Waals surface area contributed by atoms with Crippen molar-refractivity contribution in [2.75, 3.05) is 11.5 Å². The zero-order valence-corrected chi connectivity index (χ0v) is 21.6. The lowest BCUT2D eigenvalue weighted by Crippen LogP contribution is -2.29. The standard InChI is InChI=1S/C31H31NO5/c1-18(2)37-25-9-5-7-22(17-25)28-27(29(33)23-11-13-26-21(16-23)8-6-14-36-26)30(34)31(35)32(28)24-12-10-19(3)20(4)15-24/h5,7,9-13,15-18,28,33H,6,8,14H2,1-4H3/b29-27-. The number of benzene rings is 3. The minimum Gasteiger partial charge on any atom is -0.507 e. The van der Waals surface area contributed by atoms with Gasteiger partial charge in [-0.2, -0.15) is 0 Å². The number of carbonyl (C=O) groups is 2. The molecule has 1 amide bonds. The number of fused-ring (bicyclic) bond motifs is 1. The maximum atomic E-state index is 13.5. The summed E-state index contributed by atoms with van der Waals surface area (Å²) in [5.41, 5.74) is 4.89. The van der Waals surface area contributed by atoms with Gasteiger partial charge in [0, 0.05) is 11.3 Å². The molecule has 0 saturated carbocycles. The summed E-state index contributed by atoms with van der Waals surface area (Å²) in [5.74, 6) is -0.174. The van der Waals surface area contributed by atoms with Crippen LogP contribution in [0, 0.1) is 13.8 Å². The van der Waals surface area contributed by atoms with Gasteiger partial charge in [0.2, 0.25) is 0 Å². The van der Waals surface area contributed by atoms with Crippen LogP contribution in [0.3, 0.4) is 0 Å². The molecule has 3 aromatic rings. The Morgan fingerprint density at radius 1 is 1.03 bits per heavy atom. The SMILES string of the molecule is Cc1ccc(N2C(=O)C(=O)/C(=C(\O)c3ccc4c(c3)CCCO4)C2c2cccc(OC(C)C)c2)cc1C. The fourth-order valence-electron chi connectivity index (χ4n) is 4.98. The molecular weight excluding hydrogens is 466 g/mol. The predicted molar refractivity (Wildman–Crippen MR) is 143 cm³/mol. The number of rotatable bonds is 5. The van der Waals surface area contributed by atoms with Gasteiger partial charge in [0.1, 0.15) is 17.3 Å². The van der Waals surface area contributed by atoms with E-state index >= 15 is 0 Å². The van der Waals surface area contributed by atoms with Crippen molar-refractivity contribution in [2.45, 2.75) is 52.7 Å². The number of aryl methyl sites for hydroxylation is 3. The molecule has 0 aromatic heterocycles. The highest BCUT2D eigenvalue weighted by molar-refractivity contribution is 6.51. The van der Waals surface area contributed by atoms with Crippen molar-refractivity contribution < 1.29 is 24.2 Å². The molecule has 6 nitrogen and oxygen atoms in total. The van der Waals surface area contributed by atoms with Crippen LogP contribution < -0.4 is 14.4 Å². The van der Waals surface area contributed by atoms with Crippen LogP contribution in [0.1, 0.15) is 54.1 Å². The molecule has 1 unspecified atom stereocenters. The quantitative estimate of drug-likeness (QED) is 0.264. The molecule has 2 heterocycles. The average Bonchev–Trinajstić information content (AvgIpc) is 3.15. The summed E-state index contributed by atoms with van der Waals surface area (Å²) < 4.78 is 11.6. The molecule has 1 atom stereocenters. The Bertz CT molecular complexity index is 1420. The van der Waals surface area contributed by atoms with Crippen molar-refractivity contribution in [1.29, 1.82) is 0 Å². The normalized spacial score (nSPS) is 18.6. The molecule has 1 fully saturated rings. The molecule has 190 valence electrons. The minimum atomic E-state index is -0.815. The summed E-state index contributed by atoms with van der Waals surface area (Å²) in [6.45, 7) is 8.50. The Kier molecular flexibility index (Phi) is 6.50. The highest BCUT2D eigenvalue weighted by Gasteiger charge is 2.47. The second kappa shape index (κ2) is 9.77. The van der Waals surface area contributed by atoms with Gasteiger partial charge in [-0.1, -0.05) is 18.2 Å². The van der Waals surface area contributed by atoms with E-state index in [1.54, 1.807) is 6.07 Å².